The Kier molecular flexibility index (Phi) is 4.34. The number of aromatic nitrogens is 5. The van der Waals surface area contributed by atoms with Gasteiger partial charge >= 0.3 is 0 Å². The number of carbonyl (C=O) groups excluding carboxylic acids is 1. The molecule has 2 aromatic carbocycles. The van der Waals surface area contributed by atoms with Gasteiger partial charge in [0.25, 0.3) is 5.91 Å². The summed E-state index contributed by atoms with van der Waals surface area (Å²) in [7, 11) is 1.91. The molecule has 4 aromatic rings. The fourth-order valence-corrected chi connectivity index (χ4v) is 4.29. The van der Waals surface area contributed by atoms with Crippen molar-refractivity contribution in [3.05, 3.63) is 65.1 Å². The molecule has 0 saturated heterocycles. The highest BCUT2D eigenvalue weighted by atomic mass is 19.1. The molecule has 0 unspecified atom stereocenters. The van der Waals surface area contributed by atoms with E-state index < -0.39 is 6.17 Å². The molecule has 2 N–H and O–H groups in total. The number of amides is 1. The third kappa shape index (κ3) is 3.45. The monoisotopic (exact) mass is 430 g/mol. The minimum atomic E-state index is -0.913. The molecule has 2 fully saturated rings. The number of hydrogen-bond acceptors (Lipinski definition) is 4. The maximum absolute atomic E-state index is 13.0. The molecule has 7 nitrogen and oxygen atoms in total. The van der Waals surface area contributed by atoms with Crippen molar-refractivity contribution in [2.45, 2.75) is 43.8 Å². The molecule has 0 spiro atoms. The number of carbonyl (C=O) groups is 1. The normalized spacial score (nSPS) is 19.9. The van der Waals surface area contributed by atoms with Gasteiger partial charge in [0.2, 0.25) is 0 Å². The fourth-order valence-electron chi connectivity index (χ4n) is 4.29. The standard InChI is InChI=1S/C24H23FN6O/c1-31-21(10-16-8-9-19-17(12-26-29-19)22(16)13-2-3-13)28-23(30-31)14-4-6-15(7-5-14)24(32)27-20-11-18(20)25/h4-9,12-13,18,20H,2-3,10-11H2,1H3,(H,26,29)(H,27,32)/t18-,20-/m0/s1. The van der Waals surface area contributed by atoms with E-state index in [-0.39, 0.29) is 11.9 Å². The van der Waals surface area contributed by atoms with E-state index in [0.29, 0.717) is 30.1 Å². The number of aromatic amines is 1. The van der Waals surface area contributed by atoms with Crippen LogP contribution in [0.5, 0.6) is 0 Å². The van der Waals surface area contributed by atoms with Gasteiger partial charge in [0.15, 0.2) is 5.82 Å². The average molecular weight is 430 g/mol. The first-order valence-electron chi connectivity index (χ1n) is 11.0. The Bertz CT molecular complexity index is 1320. The van der Waals surface area contributed by atoms with Crippen molar-refractivity contribution in [1.29, 1.82) is 0 Å². The zero-order valence-corrected chi connectivity index (χ0v) is 17.7. The molecule has 8 heteroatoms. The summed E-state index contributed by atoms with van der Waals surface area (Å²) >= 11 is 0. The Balaban J connectivity index is 1.24. The summed E-state index contributed by atoms with van der Waals surface area (Å²) in [4.78, 5) is 17.0. The second kappa shape index (κ2) is 7.25. The average Bonchev–Trinajstić information content (AvgIpc) is 3.66. The predicted molar refractivity (Wildman–Crippen MR) is 118 cm³/mol. The molecular weight excluding hydrogens is 407 g/mol. The number of nitrogens with zero attached hydrogens (tertiary/aromatic N) is 4. The number of hydrogen-bond donors (Lipinski definition) is 2. The van der Waals surface area contributed by atoms with Crippen molar-refractivity contribution < 1.29 is 9.18 Å². The van der Waals surface area contributed by atoms with Gasteiger partial charge in [-0.15, -0.1) is 0 Å². The zero-order valence-electron chi connectivity index (χ0n) is 17.7. The lowest BCUT2D eigenvalue weighted by molar-refractivity contribution is 0.0947. The first-order valence-corrected chi connectivity index (χ1v) is 11.0. The van der Waals surface area contributed by atoms with Crippen molar-refractivity contribution in [3.8, 4) is 11.4 Å². The Hall–Kier alpha value is -3.55. The summed E-state index contributed by atoms with van der Waals surface area (Å²) in [5, 5.41) is 15.8. The largest absolute Gasteiger partial charge is 0.346 e. The van der Waals surface area contributed by atoms with Crippen LogP contribution in [0.2, 0.25) is 0 Å². The van der Waals surface area contributed by atoms with Crippen molar-refractivity contribution in [2.75, 3.05) is 0 Å². The van der Waals surface area contributed by atoms with E-state index in [1.807, 2.05) is 30.1 Å². The first-order chi connectivity index (χ1) is 15.6. The molecular formula is C24H23FN6O. The second-order valence-electron chi connectivity index (χ2n) is 8.80. The molecule has 162 valence electrons. The Morgan fingerprint density at radius 1 is 1.22 bits per heavy atom. The minimum Gasteiger partial charge on any atom is -0.346 e. The van der Waals surface area contributed by atoms with E-state index in [1.54, 1.807) is 12.1 Å². The SMILES string of the molecule is Cn1nc(-c2ccc(C(=O)N[C@H]3C[C@@H]3F)cc2)nc1Cc1ccc2[nH]ncc2c1C1CC1. The molecule has 6 rings (SSSR count). The number of benzene rings is 2. The van der Waals surface area contributed by atoms with Gasteiger partial charge in [-0.05, 0) is 48.1 Å². The number of H-pyrrole nitrogens is 1. The molecule has 1 amide bonds. The number of aryl methyl sites for hydroxylation is 1. The van der Waals surface area contributed by atoms with Crippen LogP contribution >= 0.6 is 0 Å². The third-order valence-corrected chi connectivity index (χ3v) is 6.38. The maximum atomic E-state index is 13.0. The minimum absolute atomic E-state index is 0.251. The van der Waals surface area contributed by atoms with Gasteiger partial charge in [-0.2, -0.15) is 10.2 Å². The van der Waals surface area contributed by atoms with Crippen LogP contribution in [0.25, 0.3) is 22.3 Å². The third-order valence-electron chi connectivity index (χ3n) is 6.38. The smallest absolute Gasteiger partial charge is 0.251 e. The van der Waals surface area contributed by atoms with E-state index in [2.05, 4.69) is 32.7 Å². The van der Waals surface area contributed by atoms with Crippen LogP contribution in [0, 0.1) is 0 Å². The molecule has 0 radical (unpaired) electrons. The second-order valence-corrected chi connectivity index (χ2v) is 8.80. The topological polar surface area (TPSA) is 88.5 Å². The summed E-state index contributed by atoms with van der Waals surface area (Å²) in [5.41, 5.74) is 5.06. The van der Waals surface area contributed by atoms with E-state index >= 15 is 0 Å². The number of rotatable bonds is 6. The molecule has 2 aliphatic carbocycles. The summed E-state index contributed by atoms with van der Waals surface area (Å²) in [5.74, 6) is 1.85. The van der Waals surface area contributed by atoms with Crippen LogP contribution in [-0.2, 0) is 13.5 Å². The van der Waals surface area contributed by atoms with Crippen molar-refractivity contribution in [1.82, 2.24) is 30.3 Å². The van der Waals surface area contributed by atoms with E-state index in [0.717, 1.165) is 16.9 Å². The Morgan fingerprint density at radius 3 is 2.72 bits per heavy atom. The lowest BCUT2D eigenvalue weighted by Crippen LogP contribution is -2.26. The van der Waals surface area contributed by atoms with Gasteiger partial charge in [-0.25, -0.2) is 9.37 Å². The van der Waals surface area contributed by atoms with Crippen molar-refractivity contribution in [2.24, 2.45) is 7.05 Å². The van der Waals surface area contributed by atoms with Crippen LogP contribution in [0.4, 0.5) is 4.39 Å². The van der Waals surface area contributed by atoms with E-state index in [4.69, 9.17) is 4.98 Å². The quantitative estimate of drug-likeness (QED) is 0.489. The molecule has 2 heterocycles. The first kappa shape index (κ1) is 19.2. The van der Waals surface area contributed by atoms with Crippen LogP contribution in [-0.4, -0.2) is 43.1 Å². The molecule has 2 aromatic heterocycles. The Labute approximate surface area is 184 Å². The number of halogens is 1. The summed E-state index contributed by atoms with van der Waals surface area (Å²) in [6, 6.07) is 11.0. The van der Waals surface area contributed by atoms with Crippen LogP contribution in [0.1, 0.15) is 52.5 Å². The van der Waals surface area contributed by atoms with Gasteiger partial charge in [-0.1, -0.05) is 18.2 Å². The number of alkyl halides is 1. The summed E-state index contributed by atoms with van der Waals surface area (Å²) in [6.45, 7) is 0. The van der Waals surface area contributed by atoms with Gasteiger partial charge in [-0.3, -0.25) is 14.6 Å². The van der Waals surface area contributed by atoms with Crippen LogP contribution < -0.4 is 5.32 Å². The van der Waals surface area contributed by atoms with Crippen LogP contribution in [0.15, 0.2) is 42.6 Å². The van der Waals surface area contributed by atoms with Gasteiger partial charge in [0.1, 0.15) is 12.0 Å². The van der Waals surface area contributed by atoms with E-state index in [1.165, 1.54) is 29.4 Å². The van der Waals surface area contributed by atoms with Gasteiger partial charge in [0.05, 0.1) is 17.8 Å². The Morgan fingerprint density at radius 2 is 2.00 bits per heavy atom. The van der Waals surface area contributed by atoms with Crippen LogP contribution in [0.3, 0.4) is 0 Å². The molecule has 2 saturated carbocycles. The fraction of sp³-hybridized carbons (Fsp3) is 0.333. The highest BCUT2D eigenvalue weighted by Crippen LogP contribution is 2.45. The van der Waals surface area contributed by atoms with Gasteiger partial charge < -0.3 is 5.32 Å². The molecule has 2 atom stereocenters. The lowest BCUT2D eigenvalue weighted by atomic mass is 9.97. The number of nitrogens with one attached hydrogen (secondary N) is 2. The number of fused-ring (bicyclic) bond motifs is 1. The maximum Gasteiger partial charge on any atom is 0.251 e. The van der Waals surface area contributed by atoms with E-state index in [9.17, 15) is 9.18 Å². The lowest BCUT2D eigenvalue weighted by Gasteiger charge is -2.09. The zero-order chi connectivity index (χ0) is 21.8. The molecule has 0 aliphatic heterocycles. The van der Waals surface area contributed by atoms with Crippen molar-refractivity contribution in [3.63, 3.8) is 0 Å². The highest BCUT2D eigenvalue weighted by Gasteiger charge is 2.38. The summed E-state index contributed by atoms with van der Waals surface area (Å²) < 4.78 is 14.8. The highest BCUT2D eigenvalue weighted by molar-refractivity contribution is 5.95. The molecule has 32 heavy (non-hydrogen) atoms. The summed E-state index contributed by atoms with van der Waals surface area (Å²) in [6.07, 6.45) is 4.54. The predicted octanol–water partition coefficient (Wildman–Crippen LogP) is 3.67. The molecule has 2 aliphatic rings. The van der Waals surface area contributed by atoms with Crippen molar-refractivity contribution >= 4 is 16.8 Å². The van der Waals surface area contributed by atoms with Gasteiger partial charge in [0, 0.05) is 36.4 Å². The molecule has 0 bridgehead atoms.